The van der Waals surface area contributed by atoms with Gasteiger partial charge in [-0.05, 0) is 26.0 Å². The van der Waals surface area contributed by atoms with Gasteiger partial charge in [-0.1, -0.05) is 17.7 Å². The lowest BCUT2D eigenvalue weighted by Gasteiger charge is -2.28. The number of carbonyl (C=O) groups is 3. The van der Waals surface area contributed by atoms with Crippen LogP contribution in [0.3, 0.4) is 0 Å². The van der Waals surface area contributed by atoms with E-state index in [2.05, 4.69) is 29.6 Å². The highest BCUT2D eigenvalue weighted by molar-refractivity contribution is 7.99. The molecule has 24 heavy (non-hydrogen) atoms. The lowest BCUT2D eigenvalue weighted by molar-refractivity contribution is -0.138. The molecule has 0 spiro atoms. The molecule has 0 radical (unpaired) electrons. The van der Waals surface area contributed by atoms with Crippen molar-refractivity contribution in [3.05, 3.63) is 29.8 Å². The van der Waals surface area contributed by atoms with Crippen molar-refractivity contribution in [1.82, 2.24) is 15.1 Å². The fourth-order valence-corrected chi connectivity index (χ4v) is 3.26. The van der Waals surface area contributed by atoms with Crippen LogP contribution in [0.2, 0.25) is 0 Å². The summed E-state index contributed by atoms with van der Waals surface area (Å²) in [5.41, 5.74) is 1.22. The van der Waals surface area contributed by atoms with Crippen LogP contribution in [0.5, 0.6) is 0 Å². The maximum Gasteiger partial charge on any atom is 0.324 e. The molecular formula is C17H23N3O3S. The zero-order valence-electron chi connectivity index (χ0n) is 14.1. The van der Waals surface area contributed by atoms with Gasteiger partial charge in [-0.2, -0.15) is 0 Å². The van der Waals surface area contributed by atoms with Crippen LogP contribution in [0.15, 0.2) is 29.2 Å². The van der Waals surface area contributed by atoms with Crippen LogP contribution in [-0.4, -0.2) is 59.6 Å². The summed E-state index contributed by atoms with van der Waals surface area (Å²) < 4.78 is 0. The monoisotopic (exact) mass is 349 g/mol. The Hall–Kier alpha value is -2.02. The predicted molar refractivity (Wildman–Crippen MR) is 93.9 cm³/mol. The molecule has 0 bridgehead atoms. The first kappa shape index (κ1) is 18.3. The number of amides is 4. The minimum Gasteiger partial charge on any atom is -0.341 e. The smallest absolute Gasteiger partial charge is 0.324 e. The van der Waals surface area contributed by atoms with Crippen LogP contribution in [0.1, 0.15) is 18.9 Å². The number of aryl methyl sites for hydroxylation is 1. The van der Waals surface area contributed by atoms with Gasteiger partial charge in [-0.15, -0.1) is 11.8 Å². The number of likely N-dealkylation sites (N-methyl/N-ethyl adjacent to an activating group) is 1. The minimum absolute atomic E-state index is 0.187. The van der Waals surface area contributed by atoms with Gasteiger partial charge in [0, 0.05) is 36.7 Å². The lowest BCUT2D eigenvalue weighted by Crippen LogP contribution is -2.53. The van der Waals surface area contributed by atoms with E-state index in [0.29, 0.717) is 19.6 Å². The van der Waals surface area contributed by atoms with E-state index >= 15 is 0 Å². The van der Waals surface area contributed by atoms with Gasteiger partial charge in [0.15, 0.2) is 0 Å². The normalized spacial score (nSPS) is 14.5. The van der Waals surface area contributed by atoms with Gasteiger partial charge in [0.25, 0.3) is 0 Å². The molecule has 130 valence electrons. The van der Waals surface area contributed by atoms with Crippen LogP contribution < -0.4 is 5.32 Å². The number of rotatable bonds is 7. The predicted octanol–water partition coefficient (Wildman–Crippen LogP) is 1.88. The summed E-state index contributed by atoms with van der Waals surface area (Å²) in [5.74, 6) is 0.271. The minimum atomic E-state index is -0.482. The molecule has 7 heteroatoms. The van der Waals surface area contributed by atoms with E-state index in [9.17, 15) is 14.4 Å². The quantitative estimate of drug-likeness (QED) is 0.763. The summed E-state index contributed by atoms with van der Waals surface area (Å²) in [4.78, 5) is 39.7. The van der Waals surface area contributed by atoms with E-state index in [1.165, 1.54) is 5.56 Å². The van der Waals surface area contributed by atoms with E-state index in [4.69, 9.17) is 0 Å². The molecule has 4 amide bonds. The molecule has 1 heterocycles. The SMILES string of the molecule is CCN(CCSc1ccc(C)cc1)C(=O)CN1C(=O)CCNC1=O. The number of nitrogens with one attached hydrogen (secondary N) is 1. The molecule has 1 aromatic carbocycles. The van der Waals surface area contributed by atoms with Crippen LogP contribution in [0.25, 0.3) is 0 Å². The van der Waals surface area contributed by atoms with Crippen LogP contribution in [0.4, 0.5) is 4.79 Å². The number of imide groups is 1. The van der Waals surface area contributed by atoms with Crippen molar-refractivity contribution in [2.45, 2.75) is 25.2 Å². The van der Waals surface area contributed by atoms with Crippen molar-refractivity contribution in [1.29, 1.82) is 0 Å². The Morgan fingerprint density at radius 3 is 2.62 bits per heavy atom. The molecule has 0 aliphatic carbocycles. The molecule has 1 fully saturated rings. The van der Waals surface area contributed by atoms with Crippen LogP contribution in [0, 0.1) is 6.92 Å². The first-order valence-electron chi connectivity index (χ1n) is 8.06. The van der Waals surface area contributed by atoms with Gasteiger partial charge in [-0.3, -0.25) is 14.5 Å². The molecule has 1 aromatic rings. The number of hydrogen-bond acceptors (Lipinski definition) is 4. The third kappa shape index (κ3) is 4.99. The number of nitrogens with zero attached hydrogens (tertiary/aromatic N) is 2. The highest BCUT2D eigenvalue weighted by Gasteiger charge is 2.28. The summed E-state index contributed by atoms with van der Waals surface area (Å²) >= 11 is 1.68. The number of urea groups is 1. The molecular weight excluding hydrogens is 326 g/mol. The maximum atomic E-state index is 12.4. The molecule has 0 atom stereocenters. The highest BCUT2D eigenvalue weighted by atomic mass is 32.2. The molecule has 1 N–H and O–H groups in total. The van der Waals surface area contributed by atoms with Gasteiger partial charge in [0.2, 0.25) is 11.8 Å². The first-order chi connectivity index (χ1) is 11.5. The molecule has 2 rings (SSSR count). The first-order valence-corrected chi connectivity index (χ1v) is 9.05. The summed E-state index contributed by atoms with van der Waals surface area (Å²) in [5, 5.41) is 2.59. The molecule has 1 saturated heterocycles. The number of hydrogen-bond donors (Lipinski definition) is 1. The fraction of sp³-hybridized carbons (Fsp3) is 0.471. The Balaban J connectivity index is 1.83. The fourth-order valence-electron chi connectivity index (χ4n) is 2.38. The zero-order chi connectivity index (χ0) is 17.5. The third-order valence-electron chi connectivity index (χ3n) is 3.84. The summed E-state index contributed by atoms with van der Waals surface area (Å²) in [6, 6.07) is 7.77. The number of carbonyl (C=O) groups excluding carboxylic acids is 3. The van der Waals surface area contributed by atoms with Crippen molar-refractivity contribution < 1.29 is 14.4 Å². The topological polar surface area (TPSA) is 69.7 Å². The van der Waals surface area contributed by atoms with Gasteiger partial charge >= 0.3 is 6.03 Å². The van der Waals surface area contributed by atoms with E-state index < -0.39 is 6.03 Å². The average Bonchev–Trinajstić information content (AvgIpc) is 2.56. The summed E-state index contributed by atoms with van der Waals surface area (Å²) in [6.45, 7) is 5.23. The molecule has 0 aromatic heterocycles. The summed E-state index contributed by atoms with van der Waals surface area (Å²) in [7, 11) is 0. The lowest BCUT2D eigenvalue weighted by atomic mass is 10.2. The van der Waals surface area contributed by atoms with E-state index in [1.807, 2.05) is 13.8 Å². The Kier molecular flexibility index (Phi) is 6.66. The van der Waals surface area contributed by atoms with Gasteiger partial charge < -0.3 is 10.2 Å². The maximum absolute atomic E-state index is 12.4. The third-order valence-corrected chi connectivity index (χ3v) is 4.83. The Morgan fingerprint density at radius 1 is 1.29 bits per heavy atom. The van der Waals surface area contributed by atoms with Gasteiger partial charge in [0.05, 0.1) is 0 Å². The molecule has 0 saturated carbocycles. The van der Waals surface area contributed by atoms with E-state index in [0.717, 1.165) is 15.5 Å². The average molecular weight is 349 g/mol. The number of benzene rings is 1. The van der Waals surface area contributed by atoms with E-state index in [-0.39, 0.29) is 24.8 Å². The highest BCUT2D eigenvalue weighted by Crippen LogP contribution is 2.18. The van der Waals surface area contributed by atoms with Crippen molar-refractivity contribution in [2.75, 3.05) is 31.9 Å². The van der Waals surface area contributed by atoms with Crippen LogP contribution >= 0.6 is 11.8 Å². The van der Waals surface area contributed by atoms with Crippen molar-refractivity contribution in [2.24, 2.45) is 0 Å². The Morgan fingerprint density at radius 2 is 2.00 bits per heavy atom. The molecule has 1 aliphatic heterocycles. The van der Waals surface area contributed by atoms with Crippen molar-refractivity contribution >= 4 is 29.6 Å². The number of thioether (sulfide) groups is 1. The van der Waals surface area contributed by atoms with Crippen molar-refractivity contribution in [3.8, 4) is 0 Å². The Labute approximate surface area is 146 Å². The second-order valence-corrected chi connectivity index (χ2v) is 6.77. The standard InChI is InChI=1S/C17H23N3O3S/c1-3-19(10-11-24-14-6-4-13(2)5-7-14)16(22)12-20-15(21)8-9-18-17(20)23/h4-7H,3,8-12H2,1-2H3,(H,18,23). The second-order valence-electron chi connectivity index (χ2n) is 5.60. The molecule has 6 nitrogen and oxygen atoms in total. The van der Waals surface area contributed by atoms with Gasteiger partial charge in [0.1, 0.15) is 6.54 Å². The van der Waals surface area contributed by atoms with E-state index in [1.54, 1.807) is 16.7 Å². The Bertz CT molecular complexity index is 588. The largest absolute Gasteiger partial charge is 0.341 e. The van der Waals surface area contributed by atoms with Gasteiger partial charge in [-0.25, -0.2) is 4.79 Å². The molecule has 0 unspecified atom stereocenters. The van der Waals surface area contributed by atoms with Crippen LogP contribution in [-0.2, 0) is 9.59 Å². The second kappa shape index (κ2) is 8.73. The summed E-state index contributed by atoms with van der Waals surface area (Å²) in [6.07, 6.45) is 0.244. The molecule has 1 aliphatic rings. The van der Waals surface area contributed by atoms with Crippen molar-refractivity contribution in [3.63, 3.8) is 0 Å². The zero-order valence-corrected chi connectivity index (χ0v) is 14.9.